The molecule has 2 N–H and O–H groups in total. The molecule has 1 aromatic heterocycles. The summed E-state index contributed by atoms with van der Waals surface area (Å²) in [6.07, 6.45) is 3.22. The van der Waals surface area contributed by atoms with Gasteiger partial charge in [0.1, 0.15) is 0 Å². The van der Waals surface area contributed by atoms with Crippen LogP contribution in [0.1, 0.15) is 20.3 Å². The van der Waals surface area contributed by atoms with E-state index in [9.17, 15) is 0 Å². The molecule has 0 fully saturated rings. The van der Waals surface area contributed by atoms with Gasteiger partial charge in [-0.2, -0.15) is 0 Å². The van der Waals surface area contributed by atoms with Crippen LogP contribution in [0.2, 0.25) is 0 Å². The lowest BCUT2D eigenvalue weighted by Crippen LogP contribution is -2.45. The van der Waals surface area contributed by atoms with Crippen LogP contribution in [0.15, 0.2) is 41.5 Å². The van der Waals surface area contributed by atoms with E-state index in [1.54, 1.807) is 0 Å². The number of fused-ring (bicyclic) bond motifs is 1. The van der Waals surface area contributed by atoms with Crippen molar-refractivity contribution in [2.75, 3.05) is 40.8 Å². The van der Waals surface area contributed by atoms with Crippen LogP contribution in [0.25, 0.3) is 10.9 Å². The van der Waals surface area contributed by atoms with E-state index < -0.39 is 0 Å². The first-order valence-electron chi connectivity index (χ1n) is 9.04. The molecule has 2 aromatic rings. The topological polar surface area (TPSA) is 44.6 Å². The van der Waals surface area contributed by atoms with Crippen molar-refractivity contribution in [3.05, 3.63) is 36.5 Å². The van der Waals surface area contributed by atoms with Crippen LogP contribution in [0, 0.1) is 5.41 Å². The van der Waals surface area contributed by atoms with Crippen molar-refractivity contribution in [1.82, 2.24) is 20.1 Å². The number of nitrogens with zero attached hydrogens (tertiary/aromatic N) is 3. The van der Waals surface area contributed by atoms with E-state index in [4.69, 9.17) is 0 Å². The Bertz CT molecular complexity index is 690. The van der Waals surface area contributed by atoms with Crippen molar-refractivity contribution in [3.63, 3.8) is 0 Å². The minimum absolute atomic E-state index is 0. The summed E-state index contributed by atoms with van der Waals surface area (Å²) in [6.45, 7) is 8.38. The van der Waals surface area contributed by atoms with Crippen molar-refractivity contribution >= 4 is 40.8 Å². The van der Waals surface area contributed by atoms with Gasteiger partial charge in [-0.05, 0) is 43.5 Å². The lowest BCUT2D eigenvalue weighted by atomic mass is 9.93. The molecule has 0 amide bonds. The number of para-hydroxylation sites is 1. The monoisotopic (exact) mass is 471 g/mol. The zero-order chi connectivity index (χ0) is 18.3. The molecule has 0 bridgehead atoms. The van der Waals surface area contributed by atoms with E-state index in [0.29, 0.717) is 0 Å². The average Bonchev–Trinajstić information content (AvgIpc) is 2.96. The van der Waals surface area contributed by atoms with E-state index in [-0.39, 0.29) is 29.4 Å². The van der Waals surface area contributed by atoms with Gasteiger partial charge >= 0.3 is 0 Å². The fraction of sp³-hybridized carbons (Fsp3) is 0.550. The summed E-state index contributed by atoms with van der Waals surface area (Å²) < 4.78 is 2.31. The Labute approximate surface area is 175 Å². The minimum Gasteiger partial charge on any atom is -0.356 e. The maximum atomic E-state index is 4.33. The molecule has 0 aliphatic rings. The van der Waals surface area contributed by atoms with E-state index in [2.05, 4.69) is 89.6 Å². The second kappa shape index (κ2) is 10.8. The van der Waals surface area contributed by atoms with Gasteiger partial charge in [0.15, 0.2) is 5.96 Å². The van der Waals surface area contributed by atoms with Gasteiger partial charge in [0, 0.05) is 44.9 Å². The fourth-order valence-corrected chi connectivity index (χ4v) is 3.25. The highest BCUT2D eigenvalue weighted by molar-refractivity contribution is 14.0. The summed E-state index contributed by atoms with van der Waals surface area (Å²) in [4.78, 5) is 6.55. The van der Waals surface area contributed by atoms with Crippen molar-refractivity contribution in [2.24, 2.45) is 10.4 Å². The number of rotatable bonds is 8. The highest BCUT2D eigenvalue weighted by Crippen LogP contribution is 2.15. The molecule has 0 saturated carbocycles. The van der Waals surface area contributed by atoms with Crippen LogP contribution in [0.5, 0.6) is 0 Å². The van der Waals surface area contributed by atoms with E-state index in [0.717, 1.165) is 38.6 Å². The van der Waals surface area contributed by atoms with Crippen LogP contribution in [-0.2, 0) is 6.54 Å². The molecule has 0 saturated heterocycles. The molecule has 1 aromatic carbocycles. The molecule has 0 unspecified atom stereocenters. The maximum Gasteiger partial charge on any atom is 0.190 e. The standard InChI is InChI=1S/C20H33N5.HI/c1-20(2,16-24(4)5)15-23-19(21-3)22-12-8-13-25-14-11-17-9-6-7-10-18(17)25;/h6-7,9-11,14H,8,12-13,15-16H2,1-5H3,(H2,21,22,23);1H. The molecular formula is C20H34IN5. The van der Waals surface area contributed by atoms with Crippen molar-refractivity contribution in [1.29, 1.82) is 0 Å². The van der Waals surface area contributed by atoms with Crippen LogP contribution in [0.3, 0.4) is 0 Å². The Balaban J connectivity index is 0.00000338. The van der Waals surface area contributed by atoms with Gasteiger partial charge in [-0.25, -0.2) is 0 Å². The SMILES string of the molecule is CN=C(NCCCn1ccc2ccccc21)NCC(C)(C)CN(C)C.I. The predicted octanol–water partition coefficient (Wildman–Crippen LogP) is 3.40. The number of halogens is 1. The van der Waals surface area contributed by atoms with Crippen LogP contribution in [-0.4, -0.2) is 56.2 Å². The number of aliphatic imine (C=N–C) groups is 1. The zero-order valence-corrected chi connectivity index (χ0v) is 19.1. The number of hydrogen-bond acceptors (Lipinski definition) is 2. The molecule has 6 heteroatoms. The lowest BCUT2D eigenvalue weighted by molar-refractivity contribution is 0.241. The predicted molar refractivity (Wildman–Crippen MR) is 124 cm³/mol. The first kappa shape index (κ1) is 22.8. The molecule has 146 valence electrons. The number of benzene rings is 1. The molecule has 2 rings (SSSR count). The lowest BCUT2D eigenvalue weighted by Gasteiger charge is -2.29. The van der Waals surface area contributed by atoms with E-state index in [1.807, 2.05) is 7.05 Å². The summed E-state index contributed by atoms with van der Waals surface area (Å²) in [5, 5.41) is 8.16. The highest BCUT2D eigenvalue weighted by Gasteiger charge is 2.19. The molecular weight excluding hydrogens is 437 g/mol. The van der Waals surface area contributed by atoms with Gasteiger partial charge in [-0.15, -0.1) is 24.0 Å². The largest absolute Gasteiger partial charge is 0.356 e. The smallest absolute Gasteiger partial charge is 0.190 e. The molecule has 26 heavy (non-hydrogen) atoms. The summed E-state index contributed by atoms with van der Waals surface area (Å²) in [7, 11) is 6.05. The average molecular weight is 471 g/mol. The Hall–Kier alpha value is -1.28. The van der Waals surface area contributed by atoms with Gasteiger partial charge in [-0.1, -0.05) is 32.0 Å². The van der Waals surface area contributed by atoms with Gasteiger partial charge in [0.25, 0.3) is 0 Å². The first-order chi connectivity index (χ1) is 11.9. The van der Waals surface area contributed by atoms with Crippen molar-refractivity contribution in [3.8, 4) is 0 Å². The quantitative estimate of drug-likeness (QED) is 0.269. The third-order valence-corrected chi connectivity index (χ3v) is 4.25. The molecule has 5 nitrogen and oxygen atoms in total. The second-order valence-corrected chi connectivity index (χ2v) is 7.68. The minimum atomic E-state index is 0. The fourth-order valence-electron chi connectivity index (χ4n) is 3.25. The molecule has 0 radical (unpaired) electrons. The van der Waals surface area contributed by atoms with E-state index >= 15 is 0 Å². The molecule has 0 aliphatic heterocycles. The zero-order valence-electron chi connectivity index (χ0n) is 16.7. The summed E-state index contributed by atoms with van der Waals surface area (Å²) >= 11 is 0. The molecule has 1 heterocycles. The van der Waals surface area contributed by atoms with Crippen LogP contribution in [0.4, 0.5) is 0 Å². The number of aryl methyl sites for hydroxylation is 1. The summed E-state index contributed by atoms with van der Waals surface area (Å²) in [5.74, 6) is 0.879. The summed E-state index contributed by atoms with van der Waals surface area (Å²) in [5.41, 5.74) is 1.50. The Kier molecular flexibility index (Phi) is 9.43. The number of guanidine groups is 1. The Morgan fingerprint density at radius 2 is 1.88 bits per heavy atom. The number of hydrogen-bond donors (Lipinski definition) is 2. The second-order valence-electron chi connectivity index (χ2n) is 7.68. The number of nitrogens with one attached hydrogen (secondary N) is 2. The van der Waals surface area contributed by atoms with Gasteiger partial charge in [0.05, 0.1) is 0 Å². The third-order valence-electron chi connectivity index (χ3n) is 4.25. The van der Waals surface area contributed by atoms with Crippen LogP contribution < -0.4 is 10.6 Å². The molecule has 0 spiro atoms. The molecule has 0 aliphatic carbocycles. The first-order valence-corrected chi connectivity index (χ1v) is 9.04. The molecule has 0 atom stereocenters. The van der Waals surface area contributed by atoms with Crippen molar-refractivity contribution in [2.45, 2.75) is 26.8 Å². The normalized spacial score (nSPS) is 12.3. The summed E-state index contributed by atoms with van der Waals surface area (Å²) in [6, 6.07) is 10.7. The van der Waals surface area contributed by atoms with Gasteiger partial charge in [-0.3, -0.25) is 4.99 Å². The maximum absolute atomic E-state index is 4.33. The highest BCUT2D eigenvalue weighted by atomic mass is 127. The Morgan fingerprint density at radius 3 is 2.58 bits per heavy atom. The Morgan fingerprint density at radius 1 is 1.15 bits per heavy atom. The van der Waals surface area contributed by atoms with E-state index in [1.165, 1.54) is 10.9 Å². The van der Waals surface area contributed by atoms with Crippen molar-refractivity contribution < 1.29 is 0 Å². The van der Waals surface area contributed by atoms with Crippen LogP contribution >= 0.6 is 24.0 Å². The van der Waals surface area contributed by atoms with Gasteiger partial charge < -0.3 is 20.1 Å². The third kappa shape index (κ3) is 7.15. The van der Waals surface area contributed by atoms with Gasteiger partial charge in [0.2, 0.25) is 0 Å². The number of aromatic nitrogens is 1.